The normalized spacial score (nSPS) is 12.6. The Morgan fingerprint density at radius 3 is 2.20 bits per heavy atom. The molecule has 3 nitrogen and oxygen atoms in total. The van der Waals surface area contributed by atoms with Crippen molar-refractivity contribution in [2.24, 2.45) is 5.92 Å². The van der Waals surface area contributed by atoms with Gasteiger partial charge in [-0.1, -0.05) is 29.5 Å². The number of carboxylic acids is 1. The SMILES string of the molecule is CCC(C(=O)O)C(=O)CI. The van der Waals surface area contributed by atoms with Crippen molar-refractivity contribution in [1.82, 2.24) is 0 Å². The number of halogens is 1. The molecule has 0 saturated carbocycles. The first-order valence-corrected chi connectivity index (χ1v) is 4.47. The summed E-state index contributed by atoms with van der Waals surface area (Å²) in [5.74, 6) is -2.00. The number of ketones is 1. The second-order valence-corrected chi connectivity index (χ2v) is 2.66. The number of Topliss-reactive ketones (excluding diaryl/α,β-unsaturated/α-hetero) is 1. The number of carbonyl (C=O) groups is 2. The molecule has 0 aromatic heterocycles. The van der Waals surface area contributed by atoms with Crippen LogP contribution in [0.15, 0.2) is 0 Å². The minimum atomic E-state index is -1.01. The lowest BCUT2D eigenvalue weighted by Gasteiger charge is -2.04. The molecule has 0 saturated heterocycles. The van der Waals surface area contributed by atoms with Gasteiger partial charge in [0, 0.05) is 0 Å². The van der Waals surface area contributed by atoms with Crippen molar-refractivity contribution in [1.29, 1.82) is 0 Å². The van der Waals surface area contributed by atoms with Crippen LogP contribution in [0.2, 0.25) is 0 Å². The fourth-order valence-electron chi connectivity index (χ4n) is 0.633. The number of alkyl halides is 1. The van der Waals surface area contributed by atoms with Crippen LogP contribution < -0.4 is 0 Å². The van der Waals surface area contributed by atoms with E-state index in [2.05, 4.69) is 0 Å². The lowest BCUT2D eigenvalue weighted by molar-refractivity contribution is -0.145. The summed E-state index contributed by atoms with van der Waals surface area (Å²) >= 11 is 1.87. The molecule has 58 valence electrons. The van der Waals surface area contributed by atoms with Crippen molar-refractivity contribution in [3.8, 4) is 0 Å². The van der Waals surface area contributed by atoms with E-state index < -0.39 is 11.9 Å². The Morgan fingerprint density at radius 1 is 1.60 bits per heavy atom. The van der Waals surface area contributed by atoms with Crippen LogP contribution in [0.5, 0.6) is 0 Å². The topological polar surface area (TPSA) is 54.4 Å². The van der Waals surface area contributed by atoms with E-state index in [1.54, 1.807) is 6.92 Å². The van der Waals surface area contributed by atoms with Crippen LogP contribution in [0.4, 0.5) is 0 Å². The maximum atomic E-state index is 10.8. The van der Waals surface area contributed by atoms with Crippen LogP contribution in [-0.2, 0) is 9.59 Å². The Kier molecular flexibility index (Phi) is 4.59. The van der Waals surface area contributed by atoms with Gasteiger partial charge in [-0.2, -0.15) is 0 Å². The molecule has 0 aliphatic heterocycles. The standard InChI is InChI=1S/C6H9IO3/c1-2-4(6(9)10)5(8)3-7/h4H,2-3H2,1H3,(H,9,10). The molecular formula is C6H9IO3. The Balaban J connectivity index is 4.06. The van der Waals surface area contributed by atoms with Gasteiger partial charge in [-0.05, 0) is 6.42 Å². The highest BCUT2D eigenvalue weighted by atomic mass is 127. The maximum absolute atomic E-state index is 10.8. The molecule has 0 amide bonds. The predicted molar refractivity (Wildman–Crippen MR) is 45.3 cm³/mol. The van der Waals surface area contributed by atoms with Gasteiger partial charge in [-0.15, -0.1) is 0 Å². The Morgan fingerprint density at radius 2 is 2.10 bits per heavy atom. The van der Waals surface area contributed by atoms with E-state index in [0.717, 1.165) is 0 Å². The smallest absolute Gasteiger partial charge is 0.314 e. The fraction of sp³-hybridized carbons (Fsp3) is 0.667. The zero-order chi connectivity index (χ0) is 8.15. The number of rotatable bonds is 4. The van der Waals surface area contributed by atoms with Crippen LogP contribution in [0.3, 0.4) is 0 Å². The van der Waals surface area contributed by atoms with E-state index in [9.17, 15) is 9.59 Å². The van der Waals surface area contributed by atoms with Crippen LogP contribution in [0, 0.1) is 5.92 Å². The van der Waals surface area contributed by atoms with Crippen molar-refractivity contribution < 1.29 is 14.7 Å². The second-order valence-electron chi connectivity index (χ2n) is 1.90. The van der Waals surface area contributed by atoms with Crippen LogP contribution in [0.1, 0.15) is 13.3 Å². The summed E-state index contributed by atoms with van der Waals surface area (Å²) in [5, 5.41) is 8.45. The first-order chi connectivity index (χ1) is 4.63. The summed E-state index contributed by atoms with van der Waals surface area (Å²) in [4.78, 5) is 21.1. The third-order valence-electron chi connectivity index (χ3n) is 1.23. The molecule has 0 heterocycles. The molecule has 0 fully saturated rings. The lowest BCUT2D eigenvalue weighted by Crippen LogP contribution is -2.23. The predicted octanol–water partition coefficient (Wildman–Crippen LogP) is 1.10. The van der Waals surface area contributed by atoms with Crippen molar-refractivity contribution in [2.45, 2.75) is 13.3 Å². The van der Waals surface area contributed by atoms with Crippen LogP contribution in [0.25, 0.3) is 0 Å². The number of carbonyl (C=O) groups excluding carboxylic acids is 1. The largest absolute Gasteiger partial charge is 0.481 e. The highest BCUT2D eigenvalue weighted by Crippen LogP contribution is 2.05. The first kappa shape index (κ1) is 9.87. The summed E-state index contributed by atoms with van der Waals surface area (Å²) < 4.78 is 0.280. The van der Waals surface area contributed by atoms with E-state index in [-0.39, 0.29) is 10.2 Å². The number of carboxylic acid groups (broad SMARTS) is 1. The van der Waals surface area contributed by atoms with Crippen LogP contribution >= 0.6 is 22.6 Å². The number of aliphatic carboxylic acids is 1. The number of hydrogen-bond donors (Lipinski definition) is 1. The molecule has 0 aromatic rings. The molecule has 0 aliphatic rings. The van der Waals surface area contributed by atoms with Crippen LogP contribution in [-0.4, -0.2) is 21.3 Å². The van der Waals surface area contributed by atoms with E-state index in [0.29, 0.717) is 6.42 Å². The number of hydrogen-bond acceptors (Lipinski definition) is 2. The molecule has 10 heavy (non-hydrogen) atoms. The van der Waals surface area contributed by atoms with E-state index in [4.69, 9.17) is 5.11 Å². The van der Waals surface area contributed by atoms with Crippen molar-refractivity contribution in [2.75, 3.05) is 4.43 Å². The molecule has 1 unspecified atom stereocenters. The molecule has 1 atom stereocenters. The van der Waals surface area contributed by atoms with Gasteiger partial charge in [-0.25, -0.2) is 0 Å². The van der Waals surface area contributed by atoms with Gasteiger partial charge in [-0.3, -0.25) is 9.59 Å². The molecule has 4 heteroatoms. The summed E-state index contributed by atoms with van der Waals surface area (Å²) in [6, 6.07) is 0. The minimum absolute atomic E-state index is 0.199. The van der Waals surface area contributed by atoms with Gasteiger partial charge >= 0.3 is 5.97 Å². The maximum Gasteiger partial charge on any atom is 0.314 e. The van der Waals surface area contributed by atoms with Gasteiger partial charge in [0.15, 0.2) is 5.78 Å². The van der Waals surface area contributed by atoms with Gasteiger partial charge in [0.1, 0.15) is 5.92 Å². The summed E-state index contributed by atoms with van der Waals surface area (Å²) in [5.41, 5.74) is 0. The van der Waals surface area contributed by atoms with E-state index >= 15 is 0 Å². The van der Waals surface area contributed by atoms with E-state index in [1.165, 1.54) is 0 Å². The molecule has 0 aromatic carbocycles. The molecule has 0 spiro atoms. The Labute approximate surface area is 72.9 Å². The average molecular weight is 256 g/mol. The summed E-state index contributed by atoms with van der Waals surface area (Å²) in [6.45, 7) is 1.70. The van der Waals surface area contributed by atoms with Crippen molar-refractivity contribution >= 4 is 34.3 Å². The van der Waals surface area contributed by atoms with Crippen molar-refractivity contribution in [3.05, 3.63) is 0 Å². The Bertz CT molecular complexity index is 144. The van der Waals surface area contributed by atoms with Gasteiger partial charge in [0.25, 0.3) is 0 Å². The molecule has 0 rings (SSSR count). The highest BCUT2D eigenvalue weighted by molar-refractivity contribution is 14.1. The van der Waals surface area contributed by atoms with Gasteiger partial charge in [0.05, 0.1) is 4.43 Å². The fourth-order valence-corrected chi connectivity index (χ4v) is 1.16. The Hall–Kier alpha value is -0.130. The van der Waals surface area contributed by atoms with Crippen molar-refractivity contribution in [3.63, 3.8) is 0 Å². The second kappa shape index (κ2) is 4.65. The molecule has 0 aliphatic carbocycles. The van der Waals surface area contributed by atoms with Gasteiger partial charge in [0.2, 0.25) is 0 Å². The molecule has 0 radical (unpaired) electrons. The van der Waals surface area contributed by atoms with E-state index in [1.807, 2.05) is 22.6 Å². The minimum Gasteiger partial charge on any atom is -0.481 e. The zero-order valence-corrected chi connectivity index (χ0v) is 7.79. The zero-order valence-electron chi connectivity index (χ0n) is 5.63. The monoisotopic (exact) mass is 256 g/mol. The third kappa shape index (κ3) is 2.64. The molecule has 1 N–H and O–H groups in total. The highest BCUT2D eigenvalue weighted by Gasteiger charge is 2.22. The first-order valence-electron chi connectivity index (χ1n) is 2.95. The molecule has 0 bridgehead atoms. The van der Waals surface area contributed by atoms with Gasteiger partial charge < -0.3 is 5.11 Å². The lowest BCUT2D eigenvalue weighted by atomic mass is 10.0. The summed E-state index contributed by atoms with van der Waals surface area (Å²) in [6.07, 6.45) is 0.386. The third-order valence-corrected chi connectivity index (χ3v) is 1.98. The quantitative estimate of drug-likeness (QED) is 0.465. The average Bonchev–Trinajstić information content (AvgIpc) is 1.88. The summed E-state index contributed by atoms with van der Waals surface area (Å²) in [7, 11) is 0. The molecular weight excluding hydrogens is 247 g/mol.